The lowest BCUT2D eigenvalue weighted by molar-refractivity contribution is -0.142. The molecule has 0 unspecified atom stereocenters. The van der Waals surface area contributed by atoms with E-state index >= 15 is 0 Å². The molecule has 1 amide bonds. The van der Waals surface area contributed by atoms with E-state index in [-0.39, 0.29) is 29.0 Å². The molecule has 1 aromatic heterocycles. The molecule has 0 bridgehead atoms. The lowest BCUT2D eigenvalue weighted by atomic mass is 9.86. The molecule has 0 atom stereocenters. The Balaban J connectivity index is 2.03. The van der Waals surface area contributed by atoms with E-state index in [1.807, 2.05) is 0 Å². The Morgan fingerprint density at radius 1 is 1.24 bits per heavy atom. The van der Waals surface area contributed by atoms with E-state index in [1.54, 1.807) is 19.9 Å². The monoisotopic (exact) mass is 292 g/mol. The van der Waals surface area contributed by atoms with Gasteiger partial charge in [0.15, 0.2) is 0 Å². The quantitative estimate of drug-likeness (QED) is 0.783. The third-order valence-electron chi connectivity index (χ3n) is 4.00. The van der Waals surface area contributed by atoms with Crippen molar-refractivity contribution in [3.63, 3.8) is 0 Å². The van der Waals surface area contributed by atoms with Gasteiger partial charge in [0, 0.05) is 11.7 Å². The molecule has 0 spiro atoms. The van der Waals surface area contributed by atoms with Gasteiger partial charge in [-0.05, 0) is 51.2 Å². The largest absolute Gasteiger partial charge is 0.481 e. The van der Waals surface area contributed by atoms with Gasteiger partial charge < -0.3 is 15.4 Å². The van der Waals surface area contributed by atoms with Gasteiger partial charge in [-0.15, -0.1) is 0 Å². The highest BCUT2D eigenvalue weighted by Gasteiger charge is 2.27. The van der Waals surface area contributed by atoms with E-state index in [9.17, 15) is 14.4 Å². The molecule has 1 saturated carbocycles. The molecule has 6 heteroatoms. The normalized spacial score (nSPS) is 21.8. The Kier molecular flexibility index (Phi) is 4.45. The van der Waals surface area contributed by atoms with Crippen molar-refractivity contribution in [1.82, 2.24) is 10.3 Å². The SMILES string of the molecule is Cc1cc(C)c(C(=O)NC2CCC(C(=O)O)CC2)c(=O)[nH]1. The van der Waals surface area contributed by atoms with Crippen LogP contribution in [0.2, 0.25) is 0 Å². The van der Waals surface area contributed by atoms with Crippen LogP contribution in [0.1, 0.15) is 47.3 Å². The summed E-state index contributed by atoms with van der Waals surface area (Å²) in [5.74, 6) is -1.47. The summed E-state index contributed by atoms with van der Waals surface area (Å²) in [5, 5.41) is 11.8. The van der Waals surface area contributed by atoms with Crippen molar-refractivity contribution in [1.29, 1.82) is 0 Å². The molecule has 21 heavy (non-hydrogen) atoms. The Labute approximate surface area is 122 Å². The number of rotatable bonds is 3. The number of H-pyrrole nitrogens is 1. The van der Waals surface area contributed by atoms with Crippen LogP contribution in [0.4, 0.5) is 0 Å². The number of carbonyl (C=O) groups is 2. The number of aryl methyl sites for hydroxylation is 2. The zero-order valence-corrected chi connectivity index (χ0v) is 12.2. The summed E-state index contributed by atoms with van der Waals surface area (Å²) < 4.78 is 0. The fraction of sp³-hybridized carbons (Fsp3) is 0.533. The zero-order valence-electron chi connectivity index (χ0n) is 12.2. The summed E-state index contributed by atoms with van der Waals surface area (Å²) in [4.78, 5) is 37.6. The first-order chi connectivity index (χ1) is 9.88. The third-order valence-corrected chi connectivity index (χ3v) is 4.00. The van der Waals surface area contributed by atoms with Gasteiger partial charge in [0.05, 0.1) is 5.92 Å². The smallest absolute Gasteiger partial charge is 0.306 e. The lowest BCUT2D eigenvalue weighted by Gasteiger charge is -2.26. The van der Waals surface area contributed by atoms with E-state index in [2.05, 4.69) is 10.3 Å². The highest BCUT2D eigenvalue weighted by Crippen LogP contribution is 2.24. The summed E-state index contributed by atoms with van der Waals surface area (Å²) in [6.45, 7) is 3.50. The van der Waals surface area contributed by atoms with Crippen molar-refractivity contribution in [3.05, 3.63) is 33.2 Å². The van der Waals surface area contributed by atoms with E-state index < -0.39 is 5.97 Å². The predicted molar refractivity (Wildman–Crippen MR) is 77.4 cm³/mol. The maximum Gasteiger partial charge on any atom is 0.306 e. The molecule has 1 aliphatic rings. The van der Waals surface area contributed by atoms with E-state index in [1.165, 1.54) is 0 Å². The average Bonchev–Trinajstić information content (AvgIpc) is 2.37. The number of hydrogen-bond donors (Lipinski definition) is 3. The Morgan fingerprint density at radius 2 is 1.86 bits per heavy atom. The highest BCUT2D eigenvalue weighted by atomic mass is 16.4. The molecular weight excluding hydrogens is 272 g/mol. The van der Waals surface area contributed by atoms with Crippen LogP contribution in [0.3, 0.4) is 0 Å². The van der Waals surface area contributed by atoms with Gasteiger partial charge in [0.2, 0.25) is 0 Å². The van der Waals surface area contributed by atoms with Crippen LogP contribution in [-0.4, -0.2) is 28.0 Å². The molecule has 0 aromatic carbocycles. The summed E-state index contributed by atoms with van der Waals surface area (Å²) in [6.07, 6.45) is 2.38. The van der Waals surface area contributed by atoms with Crippen molar-refractivity contribution in [2.24, 2.45) is 5.92 Å². The highest BCUT2D eigenvalue weighted by molar-refractivity contribution is 5.95. The summed E-state index contributed by atoms with van der Waals surface area (Å²) in [5.41, 5.74) is 1.12. The number of aliphatic carboxylic acids is 1. The molecule has 3 N–H and O–H groups in total. The number of pyridine rings is 1. The molecule has 1 heterocycles. The van der Waals surface area contributed by atoms with Crippen LogP contribution in [0.15, 0.2) is 10.9 Å². The number of aromatic nitrogens is 1. The molecule has 6 nitrogen and oxygen atoms in total. The lowest BCUT2D eigenvalue weighted by Crippen LogP contribution is -2.41. The van der Waals surface area contributed by atoms with Crippen molar-refractivity contribution in [2.75, 3.05) is 0 Å². The van der Waals surface area contributed by atoms with Gasteiger partial charge in [-0.2, -0.15) is 0 Å². The number of carboxylic acids is 1. The van der Waals surface area contributed by atoms with Gasteiger partial charge in [-0.25, -0.2) is 0 Å². The number of nitrogens with one attached hydrogen (secondary N) is 2. The van der Waals surface area contributed by atoms with Crippen LogP contribution in [0.5, 0.6) is 0 Å². The first-order valence-electron chi connectivity index (χ1n) is 7.12. The van der Waals surface area contributed by atoms with Crippen LogP contribution in [0, 0.1) is 19.8 Å². The Morgan fingerprint density at radius 3 is 2.38 bits per heavy atom. The molecule has 1 aromatic rings. The minimum absolute atomic E-state index is 0.0618. The maximum absolute atomic E-state index is 12.2. The minimum atomic E-state index is -0.773. The first kappa shape index (κ1) is 15.3. The van der Waals surface area contributed by atoms with E-state index in [0.29, 0.717) is 31.2 Å². The average molecular weight is 292 g/mol. The van der Waals surface area contributed by atoms with Gasteiger partial charge in [-0.1, -0.05) is 0 Å². The van der Waals surface area contributed by atoms with Crippen molar-refractivity contribution in [2.45, 2.75) is 45.6 Å². The number of amides is 1. The van der Waals surface area contributed by atoms with Gasteiger partial charge >= 0.3 is 5.97 Å². The van der Waals surface area contributed by atoms with Crippen molar-refractivity contribution >= 4 is 11.9 Å². The fourth-order valence-electron chi connectivity index (χ4n) is 2.88. The molecule has 1 aliphatic carbocycles. The zero-order chi connectivity index (χ0) is 15.6. The first-order valence-corrected chi connectivity index (χ1v) is 7.12. The molecular formula is C15H20N2O4. The molecule has 1 fully saturated rings. The Hall–Kier alpha value is -2.11. The predicted octanol–water partition coefficient (Wildman–Crippen LogP) is 1.36. The van der Waals surface area contributed by atoms with Gasteiger partial charge in [-0.3, -0.25) is 14.4 Å². The second-order valence-electron chi connectivity index (χ2n) is 5.70. The van der Waals surface area contributed by atoms with Gasteiger partial charge in [0.1, 0.15) is 5.56 Å². The third kappa shape index (κ3) is 3.51. The molecule has 0 aliphatic heterocycles. The summed E-state index contributed by atoms with van der Waals surface area (Å²) in [6, 6.07) is 1.70. The number of aromatic amines is 1. The molecule has 0 saturated heterocycles. The van der Waals surface area contributed by atoms with E-state index in [0.717, 1.165) is 5.69 Å². The van der Waals surface area contributed by atoms with Crippen molar-refractivity contribution in [3.8, 4) is 0 Å². The Bertz CT molecular complexity index is 613. The van der Waals surface area contributed by atoms with Crippen molar-refractivity contribution < 1.29 is 14.7 Å². The van der Waals surface area contributed by atoms with Gasteiger partial charge in [0.25, 0.3) is 11.5 Å². The summed E-state index contributed by atoms with van der Waals surface area (Å²) in [7, 11) is 0. The minimum Gasteiger partial charge on any atom is -0.481 e. The number of carbonyl (C=O) groups excluding carboxylic acids is 1. The van der Waals surface area contributed by atoms with Crippen LogP contribution in [-0.2, 0) is 4.79 Å². The number of hydrogen-bond acceptors (Lipinski definition) is 3. The molecule has 2 rings (SSSR count). The van der Waals surface area contributed by atoms with Crippen LogP contribution < -0.4 is 10.9 Å². The number of carboxylic acid groups (broad SMARTS) is 1. The van der Waals surface area contributed by atoms with Crippen LogP contribution >= 0.6 is 0 Å². The molecule has 114 valence electrons. The maximum atomic E-state index is 12.2. The molecule has 0 radical (unpaired) electrons. The van der Waals surface area contributed by atoms with Crippen LogP contribution in [0.25, 0.3) is 0 Å². The topological polar surface area (TPSA) is 99.3 Å². The fourth-order valence-corrected chi connectivity index (χ4v) is 2.88. The van der Waals surface area contributed by atoms with E-state index in [4.69, 9.17) is 5.11 Å². The summed E-state index contributed by atoms with van der Waals surface area (Å²) >= 11 is 0. The standard InChI is InChI=1S/C15H20N2O4/c1-8-7-9(2)16-13(18)12(8)14(19)17-11-5-3-10(4-6-11)15(20)21/h7,10-11H,3-6H2,1-2H3,(H,16,18)(H,17,19)(H,20,21). The second-order valence-corrected chi connectivity index (χ2v) is 5.70. The second kappa shape index (κ2) is 6.11.